The van der Waals surface area contributed by atoms with Gasteiger partial charge in [-0.1, -0.05) is 139 Å². The summed E-state index contributed by atoms with van der Waals surface area (Å²) in [4.78, 5) is 0. The molecule has 0 N–H and O–H groups in total. The molecule has 2 fully saturated rings. The maximum absolute atomic E-state index is 6.76. The van der Waals surface area contributed by atoms with Crippen LogP contribution in [-0.4, -0.2) is 57.7 Å². The predicted octanol–water partition coefficient (Wildman–Crippen LogP) is 14.5. The molecule has 0 heterocycles. The fraction of sp³-hybridized carbons (Fsp3) is 0.727. The van der Waals surface area contributed by atoms with Crippen LogP contribution < -0.4 is 0 Å². The van der Waals surface area contributed by atoms with Crippen molar-refractivity contribution in [2.24, 2.45) is 0 Å². The summed E-state index contributed by atoms with van der Waals surface area (Å²) in [7, 11) is -7.43. The monoisotopic (exact) mass is 789 g/mol. The SMILES string of the molecule is C=C/C=C1/C[C@@H](O[Si](C)(C)C(C)(C)C)C[C@H](O[Si](C)(C)C(C)(C)C)C1=C.C=CC=C1C[C@@H](O[Si](C)(C)C(C)(C)C)C(=C)[C@H](O[Si](C)(C)C(C)(C)C)C1. The van der Waals surface area contributed by atoms with Gasteiger partial charge in [-0.25, -0.2) is 0 Å². The molecule has 4 nitrogen and oxygen atoms in total. The van der Waals surface area contributed by atoms with E-state index in [1.54, 1.807) is 0 Å². The van der Waals surface area contributed by atoms with Gasteiger partial charge in [-0.3, -0.25) is 0 Å². The second-order valence-corrected chi connectivity index (χ2v) is 40.6. The van der Waals surface area contributed by atoms with Gasteiger partial charge in [0, 0.05) is 6.42 Å². The Bertz CT molecular complexity index is 1250. The molecule has 0 aromatic carbocycles. The second-order valence-electron chi connectivity index (χ2n) is 21.5. The molecule has 2 aliphatic rings. The average Bonchev–Trinajstić information content (AvgIpc) is 2.91. The van der Waals surface area contributed by atoms with Gasteiger partial charge in [0.15, 0.2) is 33.3 Å². The van der Waals surface area contributed by atoms with Crippen molar-refractivity contribution in [2.75, 3.05) is 0 Å². The molecular weight excluding hydrogens is 705 g/mol. The van der Waals surface area contributed by atoms with Crippen molar-refractivity contribution < 1.29 is 17.7 Å². The fourth-order valence-electron chi connectivity index (χ4n) is 5.33. The zero-order valence-electron chi connectivity index (χ0n) is 37.9. The van der Waals surface area contributed by atoms with Crippen LogP contribution in [0.3, 0.4) is 0 Å². The van der Waals surface area contributed by atoms with Gasteiger partial charge in [0.25, 0.3) is 0 Å². The van der Waals surface area contributed by atoms with Gasteiger partial charge in [-0.05, 0) is 109 Å². The number of rotatable bonds is 10. The molecule has 0 radical (unpaired) electrons. The average molecular weight is 789 g/mol. The molecule has 52 heavy (non-hydrogen) atoms. The third-order valence-corrected chi connectivity index (χ3v) is 31.1. The zero-order valence-corrected chi connectivity index (χ0v) is 41.9. The Balaban J connectivity index is 0.000000520. The first-order chi connectivity index (χ1) is 23.0. The molecule has 300 valence electrons. The van der Waals surface area contributed by atoms with Crippen molar-refractivity contribution in [2.45, 2.75) is 206 Å². The first-order valence-corrected chi connectivity index (χ1v) is 31.4. The first-order valence-electron chi connectivity index (χ1n) is 19.7. The summed E-state index contributed by atoms with van der Waals surface area (Å²) in [6.07, 6.45) is 11.9. The van der Waals surface area contributed by atoms with E-state index < -0.39 is 33.3 Å². The summed E-state index contributed by atoms with van der Waals surface area (Å²) in [5.74, 6) is 0. The van der Waals surface area contributed by atoms with Crippen LogP contribution in [0.1, 0.15) is 109 Å². The Morgan fingerprint density at radius 2 is 0.827 bits per heavy atom. The number of hydrogen-bond acceptors (Lipinski definition) is 4. The van der Waals surface area contributed by atoms with Gasteiger partial charge in [0.05, 0.1) is 24.4 Å². The highest BCUT2D eigenvalue weighted by Crippen LogP contribution is 2.46. The van der Waals surface area contributed by atoms with Crippen molar-refractivity contribution in [3.8, 4) is 0 Å². The molecule has 0 aromatic rings. The number of allylic oxidation sites excluding steroid dienone is 4. The van der Waals surface area contributed by atoms with E-state index in [0.29, 0.717) is 0 Å². The van der Waals surface area contributed by atoms with Crippen LogP contribution in [0.4, 0.5) is 0 Å². The van der Waals surface area contributed by atoms with Crippen LogP contribution in [0, 0.1) is 0 Å². The Kier molecular flexibility index (Phi) is 16.6. The topological polar surface area (TPSA) is 36.9 Å². The van der Waals surface area contributed by atoms with E-state index in [1.807, 2.05) is 12.2 Å². The molecule has 0 bridgehead atoms. The lowest BCUT2D eigenvalue weighted by Crippen LogP contribution is -2.49. The smallest absolute Gasteiger partial charge is 0.192 e. The lowest BCUT2D eigenvalue weighted by atomic mass is 9.86. The number of hydrogen-bond donors (Lipinski definition) is 0. The molecule has 4 atom stereocenters. The second kappa shape index (κ2) is 17.5. The molecular formula is C44H84O4Si4. The minimum Gasteiger partial charge on any atom is -0.413 e. The third-order valence-electron chi connectivity index (χ3n) is 13.1. The molecule has 2 rings (SSSR count). The minimum atomic E-state index is -1.87. The van der Waals surface area contributed by atoms with E-state index in [9.17, 15) is 0 Å². The van der Waals surface area contributed by atoms with E-state index in [0.717, 1.165) is 36.8 Å². The Morgan fingerprint density at radius 1 is 0.500 bits per heavy atom. The maximum Gasteiger partial charge on any atom is 0.192 e. The molecule has 8 heteroatoms. The molecule has 0 aromatic heterocycles. The summed E-state index contributed by atoms with van der Waals surface area (Å²) in [5.41, 5.74) is 4.84. The summed E-state index contributed by atoms with van der Waals surface area (Å²) in [5, 5.41) is 0.758. The lowest BCUT2D eigenvalue weighted by molar-refractivity contribution is 0.0970. The van der Waals surface area contributed by atoms with Crippen LogP contribution in [0.2, 0.25) is 72.5 Å². The third kappa shape index (κ3) is 13.1. The van der Waals surface area contributed by atoms with Gasteiger partial charge in [0.2, 0.25) is 0 Å². The van der Waals surface area contributed by atoms with Crippen molar-refractivity contribution in [3.05, 3.63) is 72.9 Å². The van der Waals surface area contributed by atoms with E-state index >= 15 is 0 Å². The van der Waals surface area contributed by atoms with Crippen molar-refractivity contribution >= 4 is 33.3 Å². The first kappa shape index (κ1) is 49.2. The van der Waals surface area contributed by atoms with E-state index in [-0.39, 0.29) is 44.6 Å². The van der Waals surface area contributed by atoms with E-state index in [4.69, 9.17) is 17.7 Å². The van der Waals surface area contributed by atoms with Crippen LogP contribution in [-0.2, 0) is 17.7 Å². The standard InChI is InChI=1S/2C22H42O2Si2/c1-13-14-18-15-19(23-25(9,10)21(3,4)5)16-20(17(18)2)24-26(11,12)22(6,7)8;1-13-14-18-15-19(23-25(9,10)21(3,4)5)17(2)20(16-18)24-26(11,12)22(6,7)8/h2*13-14,19-20H,1-2,15-16H2,3-12H3/b18-14-;/t19-,20+;19-,20-/m11/s1. The van der Waals surface area contributed by atoms with Gasteiger partial charge in [-0.2, -0.15) is 0 Å². The highest BCUT2D eigenvalue weighted by molar-refractivity contribution is 6.75. The molecule has 0 aliphatic heterocycles. The van der Waals surface area contributed by atoms with Gasteiger partial charge in [-0.15, -0.1) is 0 Å². The summed E-state index contributed by atoms with van der Waals surface area (Å²) in [6.45, 7) is 62.6. The van der Waals surface area contributed by atoms with Crippen molar-refractivity contribution in [1.29, 1.82) is 0 Å². The quantitative estimate of drug-likeness (QED) is 0.163. The fourth-order valence-corrected chi connectivity index (χ4v) is 10.6. The highest BCUT2D eigenvalue weighted by Gasteiger charge is 2.46. The van der Waals surface area contributed by atoms with Crippen LogP contribution in [0.5, 0.6) is 0 Å². The van der Waals surface area contributed by atoms with E-state index in [1.165, 1.54) is 11.1 Å². The largest absolute Gasteiger partial charge is 0.413 e. The van der Waals surface area contributed by atoms with Gasteiger partial charge >= 0.3 is 0 Å². The molecule has 2 aliphatic carbocycles. The van der Waals surface area contributed by atoms with E-state index in [2.05, 4.69) is 174 Å². The molecule has 2 saturated carbocycles. The van der Waals surface area contributed by atoms with Gasteiger partial charge < -0.3 is 17.7 Å². The van der Waals surface area contributed by atoms with Crippen LogP contribution in [0.15, 0.2) is 72.9 Å². The predicted molar refractivity (Wildman–Crippen MR) is 242 cm³/mol. The molecule has 0 amide bonds. The molecule has 0 spiro atoms. The molecule has 0 saturated heterocycles. The minimum absolute atomic E-state index is 0.0469. The lowest BCUT2D eigenvalue weighted by Gasteiger charge is -2.46. The summed E-state index contributed by atoms with van der Waals surface area (Å²) >= 11 is 0. The highest BCUT2D eigenvalue weighted by atomic mass is 28.4. The zero-order chi connectivity index (χ0) is 41.1. The van der Waals surface area contributed by atoms with Crippen molar-refractivity contribution in [3.63, 3.8) is 0 Å². The normalized spacial score (nSPS) is 24.0. The van der Waals surface area contributed by atoms with Crippen LogP contribution >= 0.6 is 0 Å². The van der Waals surface area contributed by atoms with Crippen LogP contribution in [0.25, 0.3) is 0 Å². The van der Waals surface area contributed by atoms with Crippen molar-refractivity contribution in [1.82, 2.24) is 0 Å². The Morgan fingerprint density at radius 3 is 1.15 bits per heavy atom. The Labute approximate surface area is 328 Å². The summed E-state index contributed by atoms with van der Waals surface area (Å²) in [6, 6.07) is 0. The molecule has 0 unspecified atom stereocenters. The van der Waals surface area contributed by atoms with Gasteiger partial charge in [0.1, 0.15) is 0 Å². The Hall–Kier alpha value is -0.852. The maximum atomic E-state index is 6.76. The summed E-state index contributed by atoms with van der Waals surface area (Å²) < 4.78 is 27.0.